The number of nitrogens with one attached hydrogen (secondary N) is 1. The summed E-state index contributed by atoms with van der Waals surface area (Å²) in [6, 6.07) is 0. The van der Waals surface area contributed by atoms with Gasteiger partial charge in [0.15, 0.2) is 0 Å². The van der Waals surface area contributed by atoms with E-state index in [1.165, 1.54) is 25.0 Å². The molecule has 1 rings (SSSR count). The van der Waals surface area contributed by atoms with Crippen LogP contribution >= 0.6 is 0 Å². The minimum absolute atomic E-state index is 0.747. The highest BCUT2D eigenvalue weighted by Gasteiger charge is 2.13. The minimum atomic E-state index is 0.747. The molecule has 0 spiro atoms. The Hall–Kier alpha value is -0.720. The SMILES string of the molecule is C=C(C)C1=CC(CCCC)CN1. The first-order valence-electron chi connectivity index (χ1n) is 4.85. The second kappa shape index (κ2) is 4.34. The quantitative estimate of drug-likeness (QED) is 0.675. The predicted molar refractivity (Wildman–Crippen MR) is 53.9 cm³/mol. The molecule has 1 unspecified atom stereocenters. The fourth-order valence-electron chi connectivity index (χ4n) is 1.54. The van der Waals surface area contributed by atoms with Gasteiger partial charge in [-0.05, 0) is 24.8 Å². The highest BCUT2D eigenvalue weighted by Crippen LogP contribution is 2.19. The van der Waals surface area contributed by atoms with E-state index in [0.29, 0.717) is 0 Å². The smallest absolute Gasteiger partial charge is 0.0327 e. The zero-order valence-electron chi connectivity index (χ0n) is 8.19. The van der Waals surface area contributed by atoms with Crippen molar-refractivity contribution in [2.24, 2.45) is 5.92 Å². The van der Waals surface area contributed by atoms with Crippen LogP contribution in [-0.4, -0.2) is 6.54 Å². The van der Waals surface area contributed by atoms with Crippen molar-refractivity contribution in [3.05, 3.63) is 23.9 Å². The van der Waals surface area contributed by atoms with E-state index in [0.717, 1.165) is 18.0 Å². The van der Waals surface area contributed by atoms with E-state index in [-0.39, 0.29) is 0 Å². The molecular formula is C11H19N. The summed E-state index contributed by atoms with van der Waals surface area (Å²) in [6.07, 6.45) is 6.29. The average molecular weight is 165 g/mol. The van der Waals surface area contributed by atoms with E-state index >= 15 is 0 Å². The van der Waals surface area contributed by atoms with Crippen molar-refractivity contribution in [3.8, 4) is 0 Å². The van der Waals surface area contributed by atoms with E-state index in [2.05, 4.69) is 31.8 Å². The third-order valence-corrected chi connectivity index (χ3v) is 2.35. The van der Waals surface area contributed by atoms with E-state index in [4.69, 9.17) is 0 Å². The second-order valence-corrected chi connectivity index (χ2v) is 3.64. The van der Waals surface area contributed by atoms with Crippen LogP contribution in [0, 0.1) is 5.92 Å². The molecule has 0 aromatic heterocycles. The predicted octanol–water partition coefficient (Wildman–Crippen LogP) is 2.86. The lowest BCUT2D eigenvalue weighted by molar-refractivity contribution is 0.562. The van der Waals surface area contributed by atoms with E-state index in [1.54, 1.807) is 0 Å². The molecule has 0 aromatic rings. The van der Waals surface area contributed by atoms with E-state index in [9.17, 15) is 0 Å². The first kappa shape index (κ1) is 9.37. The summed E-state index contributed by atoms with van der Waals surface area (Å²) in [4.78, 5) is 0. The Kier molecular flexibility index (Phi) is 3.39. The Balaban J connectivity index is 2.36. The van der Waals surface area contributed by atoms with Crippen LogP contribution in [0.3, 0.4) is 0 Å². The molecule has 68 valence electrons. The molecule has 1 atom stereocenters. The molecule has 0 fully saturated rings. The molecule has 1 aliphatic heterocycles. The molecule has 0 radical (unpaired) electrons. The molecule has 0 bridgehead atoms. The molecule has 0 aliphatic carbocycles. The summed E-state index contributed by atoms with van der Waals surface area (Å²) in [7, 11) is 0. The van der Waals surface area contributed by atoms with Crippen molar-refractivity contribution in [2.75, 3.05) is 6.54 Å². The Morgan fingerprint density at radius 2 is 2.50 bits per heavy atom. The normalized spacial score (nSPS) is 21.8. The number of allylic oxidation sites excluding steroid dienone is 1. The number of hydrogen-bond donors (Lipinski definition) is 1. The van der Waals surface area contributed by atoms with Crippen LogP contribution in [0.2, 0.25) is 0 Å². The first-order valence-corrected chi connectivity index (χ1v) is 4.85. The van der Waals surface area contributed by atoms with Gasteiger partial charge in [-0.1, -0.05) is 32.4 Å². The Labute approximate surface area is 75.6 Å². The Morgan fingerprint density at radius 1 is 1.75 bits per heavy atom. The summed E-state index contributed by atoms with van der Waals surface area (Å²) in [5.74, 6) is 0.747. The van der Waals surface area contributed by atoms with Gasteiger partial charge in [-0.2, -0.15) is 0 Å². The van der Waals surface area contributed by atoms with Crippen molar-refractivity contribution in [1.82, 2.24) is 5.32 Å². The summed E-state index contributed by atoms with van der Waals surface area (Å²) < 4.78 is 0. The van der Waals surface area contributed by atoms with Gasteiger partial charge < -0.3 is 5.32 Å². The maximum Gasteiger partial charge on any atom is 0.0327 e. The van der Waals surface area contributed by atoms with Gasteiger partial charge in [-0.15, -0.1) is 0 Å². The molecule has 0 aromatic carbocycles. The van der Waals surface area contributed by atoms with Crippen molar-refractivity contribution in [3.63, 3.8) is 0 Å². The standard InChI is InChI=1S/C11H19N/c1-4-5-6-10-7-11(9(2)3)12-8-10/h7,10,12H,2,4-6,8H2,1,3H3. The van der Waals surface area contributed by atoms with Gasteiger partial charge in [0, 0.05) is 12.2 Å². The molecule has 1 heterocycles. The van der Waals surface area contributed by atoms with Crippen LogP contribution in [0.15, 0.2) is 23.9 Å². The van der Waals surface area contributed by atoms with Crippen molar-refractivity contribution in [2.45, 2.75) is 33.1 Å². The number of rotatable bonds is 4. The monoisotopic (exact) mass is 165 g/mol. The van der Waals surface area contributed by atoms with Crippen molar-refractivity contribution >= 4 is 0 Å². The maximum absolute atomic E-state index is 3.92. The molecule has 1 heteroatoms. The zero-order chi connectivity index (χ0) is 8.97. The number of hydrogen-bond acceptors (Lipinski definition) is 1. The Bertz CT molecular complexity index is 191. The first-order chi connectivity index (χ1) is 5.74. The van der Waals surface area contributed by atoms with Gasteiger partial charge in [-0.25, -0.2) is 0 Å². The van der Waals surface area contributed by atoms with Crippen LogP contribution in [0.4, 0.5) is 0 Å². The van der Waals surface area contributed by atoms with Gasteiger partial charge in [-0.3, -0.25) is 0 Å². The molecule has 0 saturated carbocycles. The van der Waals surface area contributed by atoms with Gasteiger partial charge in [0.25, 0.3) is 0 Å². The highest BCUT2D eigenvalue weighted by atomic mass is 14.9. The van der Waals surface area contributed by atoms with Crippen LogP contribution in [0.1, 0.15) is 33.1 Å². The summed E-state index contributed by atoms with van der Waals surface area (Å²) in [6.45, 7) is 9.33. The molecule has 12 heavy (non-hydrogen) atoms. The highest BCUT2D eigenvalue weighted by molar-refractivity contribution is 5.28. The van der Waals surface area contributed by atoms with Crippen LogP contribution in [0.5, 0.6) is 0 Å². The molecular weight excluding hydrogens is 146 g/mol. The average Bonchev–Trinajstić information content (AvgIpc) is 2.48. The van der Waals surface area contributed by atoms with Crippen molar-refractivity contribution < 1.29 is 0 Å². The third-order valence-electron chi connectivity index (χ3n) is 2.35. The van der Waals surface area contributed by atoms with Crippen molar-refractivity contribution in [1.29, 1.82) is 0 Å². The third kappa shape index (κ3) is 2.40. The summed E-state index contributed by atoms with van der Waals surface area (Å²) in [5, 5.41) is 3.38. The lowest BCUT2D eigenvalue weighted by atomic mass is 10.0. The second-order valence-electron chi connectivity index (χ2n) is 3.64. The lowest BCUT2D eigenvalue weighted by Gasteiger charge is -2.04. The number of unbranched alkanes of at least 4 members (excludes halogenated alkanes) is 1. The molecule has 1 aliphatic rings. The zero-order valence-corrected chi connectivity index (χ0v) is 8.19. The summed E-state index contributed by atoms with van der Waals surface area (Å²) in [5.41, 5.74) is 2.42. The van der Waals surface area contributed by atoms with Gasteiger partial charge in [0.1, 0.15) is 0 Å². The summed E-state index contributed by atoms with van der Waals surface area (Å²) >= 11 is 0. The topological polar surface area (TPSA) is 12.0 Å². The maximum atomic E-state index is 3.92. The molecule has 0 amide bonds. The van der Waals surface area contributed by atoms with Gasteiger partial charge in [0.2, 0.25) is 0 Å². The van der Waals surface area contributed by atoms with Gasteiger partial charge in [0.05, 0.1) is 0 Å². The largest absolute Gasteiger partial charge is 0.385 e. The van der Waals surface area contributed by atoms with Crippen LogP contribution in [-0.2, 0) is 0 Å². The lowest BCUT2D eigenvalue weighted by Crippen LogP contribution is -2.12. The van der Waals surface area contributed by atoms with Crippen LogP contribution < -0.4 is 5.32 Å². The van der Waals surface area contributed by atoms with Gasteiger partial charge >= 0.3 is 0 Å². The minimum Gasteiger partial charge on any atom is -0.385 e. The fourth-order valence-corrected chi connectivity index (χ4v) is 1.54. The molecule has 0 saturated heterocycles. The molecule has 1 N–H and O–H groups in total. The van der Waals surface area contributed by atoms with Crippen LogP contribution in [0.25, 0.3) is 0 Å². The fraction of sp³-hybridized carbons (Fsp3) is 0.636. The molecule has 1 nitrogen and oxygen atoms in total. The van der Waals surface area contributed by atoms with E-state index in [1.807, 2.05) is 0 Å². The Morgan fingerprint density at radius 3 is 3.00 bits per heavy atom. The van der Waals surface area contributed by atoms with E-state index < -0.39 is 0 Å².